The quantitative estimate of drug-likeness (QED) is 0.606. The zero-order valence-electron chi connectivity index (χ0n) is 17.0. The van der Waals surface area contributed by atoms with E-state index < -0.39 is 10.0 Å². The van der Waals surface area contributed by atoms with Crippen LogP contribution in [0.3, 0.4) is 0 Å². The molecule has 0 saturated carbocycles. The molecule has 1 aromatic heterocycles. The van der Waals surface area contributed by atoms with Crippen molar-refractivity contribution in [3.05, 3.63) is 82.0 Å². The molecule has 4 rings (SSSR count). The van der Waals surface area contributed by atoms with Crippen molar-refractivity contribution < 1.29 is 17.9 Å². The van der Waals surface area contributed by atoms with Gasteiger partial charge in [0.25, 0.3) is 5.91 Å². The second kappa shape index (κ2) is 8.52. The number of sulfonamides is 1. The van der Waals surface area contributed by atoms with Crippen molar-refractivity contribution in [2.45, 2.75) is 12.5 Å². The second-order valence-corrected chi connectivity index (χ2v) is 9.84. The first-order valence-corrected chi connectivity index (χ1v) is 12.3. The first-order chi connectivity index (χ1) is 14.8. The smallest absolute Gasteiger partial charge is 0.274 e. The summed E-state index contributed by atoms with van der Waals surface area (Å²) in [6.45, 7) is 0. The number of rotatable bonds is 6. The van der Waals surface area contributed by atoms with Crippen LogP contribution in [-0.4, -0.2) is 38.4 Å². The summed E-state index contributed by atoms with van der Waals surface area (Å²) in [5.74, 6) is 0.466. The van der Waals surface area contributed by atoms with Crippen molar-refractivity contribution in [2.75, 3.05) is 18.1 Å². The highest BCUT2D eigenvalue weighted by molar-refractivity contribution is 7.92. The first kappa shape index (κ1) is 21.1. The second-order valence-electron chi connectivity index (χ2n) is 7.12. The molecule has 2 aromatic carbocycles. The highest BCUT2D eigenvalue weighted by atomic mass is 32.2. The fraction of sp³-hybridized carbons (Fsp3) is 0.182. The Morgan fingerprint density at radius 3 is 2.58 bits per heavy atom. The normalized spacial score (nSPS) is 16.1. The number of methoxy groups -OCH3 is 1. The fourth-order valence-electron chi connectivity index (χ4n) is 3.42. The minimum atomic E-state index is -3.39. The van der Waals surface area contributed by atoms with E-state index in [2.05, 4.69) is 9.82 Å². The van der Waals surface area contributed by atoms with Crippen molar-refractivity contribution in [3.63, 3.8) is 0 Å². The van der Waals surface area contributed by atoms with Gasteiger partial charge in [-0.2, -0.15) is 5.10 Å². The summed E-state index contributed by atoms with van der Waals surface area (Å²) in [7, 11) is -1.82. The molecule has 0 radical (unpaired) electrons. The number of amides is 1. The highest BCUT2D eigenvalue weighted by Crippen LogP contribution is 2.36. The van der Waals surface area contributed by atoms with Gasteiger partial charge in [0.1, 0.15) is 5.75 Å². The number of nitrogens with zero attached hydrogens (tertiary/aromatic N) is 2. The summed E-state index contributed by atoms with van der Waals surface area (Å²) in [4.78, 5) is 14.3. The summed E-state index contributed by atoms with van der Waals surface area (Å²) in [6.07, 6.45) is 1.64. The summed E-state index contributed by atoms with van der Waals surface area (Å²) < 4.78 is 30.8. The lowest BCUT2D eigenvalue weighted by atomic mass is 10.0. The predicted octanol–water partition coefficient (Wildman–Crippen LogP) is 4.12. The number of carbonyl (C=O) groups excluding carboxylic acids is 1. The van der Waals surface area contributed by atoms with E-state index in [1.165, 1.54) is 5.01 Å². The van der Waals surface area contributed by atoms with Crippen LogP contribution in [0.25, 0.3) is 0 Å². The van der Waals surface area contributed by atoms with E-state index in [1.807, 2.05) is 23.6 Å². The van der Waals surface area contributed by atoms with E-state index in [-0.39, 0.29) is 11.9 Å². The average Bonchev–Trinajstić information content (AvgIpc) is 3.42. The Kier molecular flexibility index (Phi) is 5.79. The van der Waals surface area contributed by atoms with Crippen LogP contribution in [0.15, 0.2) is 71.1 Å². The largest absolute Gasteiger partial charge is 0.497 e. The molecule has 7 nitrogen and oxygen atoms in total. The summed E-state index contributed by atoms with van der Waals surface area (Å²) >= 11 is 1.57. The van der Waals surface area contributed by atoms with Crippen molar-refractivity contribution >= 4 is 38.7 Å². The maximum Gasteiger partial charge on any atom is 0.274 e. The van der Waals surface area contributed by atoms with Crippen molar-refractivity contribution in [1.29, 1.82) is 0 Å². The predicted molar refractivity (Wildman–Crippen MR) is 122 cm³/mol. The average molecular weight is 456 g/mol. The van der Waals surface area contributed by atoms with Crippen LogP contribution in [-0.2, 0) is 10.0 Å². The molecule has 0 bridgehead atoms. The van der Waals surface area contributed by atoms with Crippen LogP contribution in [0.2, 0.25) is 0 Å². The lowest BCUT2D eigenvalue weighted by Gasteiger charge is -2.20. The van der Waals surface area contributed by atoms with E-state index in [4.69, 9.17) is 4.74 Å². The van der Waals surface area contributed by atoms with E-state index in [0.717, 1.165) is 22.4 Å². The van der Waals surface area contributed by atoms with Crippen LogP contribution in [0, 0.1) is 0 Å². The van der Waals surface area contributed by atoms with Crippen molar-refractivity contribution in [1.82, 2.24) is 5.01 Å². The Morgan fingerprint density at radius 2 is 1.94 bits per heavy atom. The topological polar surface area (TPSA) is 88.1 Å². The number of anilines is 1. The Labute approximate surface area is 185 Å². The molecule has 3 aromatic rings. The van der Waals surface area contributed by atoms with Gasteiger partial charge in [-0.1, -0.05) is 18.2 Å². The molecule has 9 heteroatoms. The summed E-state index contributed by atoms with van der Waals surface area (Å²) in [5, 5.41) is 8.14. The lowest BCUT2D eigenvalue weighted by Crippen LogP contribution is -2.26. The Balaban J connectivity index is 1.68. The van der Waals surface area contributed by atoms with Gasteiger partial charge in [0.15, 0.2) is 0 Å². The number of benzene rings is 2. The van der Waals surface area contributed by atoms with E-state index in [9.17, 15) is 13.2 Å². The number of hydrogen-bond donors (Lipinski definition) is 1. The summed E-state index contributed by atoms with van der Waals surface area (Å²) in [6, 6.07) is 17.7. The maximum atomic E-state index is 13.3. The van der Waals surface area contributed by atoms with Gasteiger partial charge in [0.2, 0.25) is 10.0 Å². The molecule has 0 saturated heterocycles. The van der Waals surface area contributed by atoms with Gasteiger partial charge < -0.3 is 4.74 Å². The van der Waals surface area contributed by atoms with E-state index in [0.29, 0.717) is 23.4 Å². The van der Waals surface area contributed by atoms with Crippen LogP contribution < -0.4 is 9.46 Å². The Hall–Kier alpha value is -3.17. The first-order valence-electron chi connectivity index (χ1n) is 9.51. The molecule has 1 N–H and O–H groups in total. The van der Waals surface area contributed by atoms with Crippen LogP contribution in [0.4, 0.5) is 5.69 Å². The fourth-order valence-corrected chi connectivity index (χ4v) is 4.78. The molecular weight excluding hydrogens is 434 g/mol. The SMILES string of the molecule is COc1ccc(C(=O)N2N=C(c3cccc(NS(C)(=O)=O)c3)C[C@@H]2c2cccs2)cc1. The molecule has 2 heterocycles. The number of ether oxygens (including phenoxy) is 1. The van der Waals surface area contributed by atoms with Gasteiger partial charge in [0.05, 0.1) is 25.1 Å². The third kappa shape index (κ3) is 4.78. The van der Waals surface area contributed by atoms with Crippen LogP contribution in [0.1, 0.15) is 33.3 Å². The third-order valence-corrected chi connectivity index (χ3v) is 6.41. The zero-order chi connectivity index (χ0) is 22.0. The lowest BCUT2D eigenvalue weighted by molar-refractivity contribution is 0.0713. The molecule has 1 aliphatic rings. The standard InChI is InChI=1S/C22H21N3O4S2/c1-29-18-10-8-15(9-11-18)22(26)25-20(21-7-4-12-30-21)14-19(23-25)16-5-3-6-17(13-16)24-31(2,27)28/h3-13,20,24H,14H2,1-2H3/t20-/m1/s1. The molecule has 160 valence electrons. The van der Waals surface area contributed by atoms with Gasteiger partial charge in [-0.15, -0.1) is 11.3 Å². The van der Waals surface area contributed by atoms with Crippen molar-refractivity contribution in [2.24, 2.45) is 5.10 Å². The summed E-state index contributed by atoms with van der Waals surface area (Å²) in [5.41, 5.74) is 2.45. The monoisotopic (exact) mass is 455 g/mol. The van der Waals surface area contributed by atoms with Gasteiger partial charge in [-0.25, -0.2) is 13.4 Å². The maximum absolute atomic E-state index is 13.3. The van der Waals surface area contributed by atoms with Gasteiger partial charge in [-0.05, 0) is 53.4 Å². The minimum absolute atomic E-state index is 0.207. The Morgan fingerprint density at radius 1 is 1.16 bits per heavy atom. The molecule has 1 amide bonds. The number of hydrogen-bond acceptors (Lipinski definition) is 6. The Bertz CT molecular complexity index is 1220. The number of hydrazone groups is 1. The molecule has 1 atom stereocenters. The van der Waals surface area contributed by atoms with Gasteiger partial charge >= 0.3 is 0 Å². The number of nitrogens with one attached hydrogen (secondary N) is 1. The molecular formula is C22H21N3O4S2. The number of thiophene rings is 1. The van der Waals surface area contributed by atoms with Crippen LogP contribution >= 0.6 is 11.3 Å². The third-order valence-electron chi connectivity index (χ3n) is 4.83. The van der Waals surface area contributed by atoms with Gasteiger partial charge in [-0.3, -0.25) is 9.52 Å². The molecule has 1 aliphatic heterocycles. The van der Waals surface area contributed by atoms with Crippen molar-refractivity contribution in [3.8, 4) is 5.75 Å². The minimum Gasteiger partial charge on any atom is -0.497 e. The highest BCUT2D eigenvalue weighted by Gasteiger charge is 2.34. The van der Waals surface area contributed by atoms with E-state index in [1.54, 1.807) is 60.9 Å². The zero-order valence-corrected chi connectivity index (χ0v) is 18.6. The molecule has 0 unspecified atom stereocenters. The molecule has 31 heavy (non-hydrogen) atoms. The van der Waals surface area contributed by atoms with E-state index >= 15 is 0 Å². The molecule has 0 fully saturated rings. The number of carbonyl (C=O) groups is 1. The van der Waals surface area contributed by atoms with Gasteiger partial charge in [0, 0.05) is 22.5 Å². The van der Waals surface area contributed by atoms with Crippen LogP contribution in [0.5, 0.6) is 5.75 Å². The molecule has 0 aliphatic carbocycles. The molecule has 0 spiro atoms.